The third kappa shape index (κ3) is 5.18. The minimum absolute atomic E-state index is 0.0158. The van der Waals surface area contributed by atoms with Crippen LogP contribution in [-0.2, 0) is 11.3 Å². The van der Waals surface area contributed by atoms with Crippen molar-refractivity contribution in [2.75, 3.05) is 6.61 Å². The minimum Gasteiger partial charge on any atom is -0.494 e. The number of hydrogen-bond acceptors (Lipinski definition) is 2. The topological polar surface area (TPSA) is 29.5 Å². The summed E-state index contributed by atoms with van der Waals surface area (Å²) in [5.74, 6) is 0.774. The van der Waals surface area contributed by atoms with Gasteiger partial charge in [0.05, 0.1) is 12.4 Å². The van der Waals surface area contributed by atoms with Crippen LogP contribution in [0.2, 0.25) is 0 Å². The second-order valence-electron chi connectivity index (χ2n) is 3.66. The second-order valence-corrected chi connectivity index (χ2v) is 3.66. The summed E-state index contributed by atoms with van der Waals surface area (Å²) in [6.45, 7) is 5.98. The molecule has 0 fully saturated rings. The Labute approximate surface area is 103 Å². The van der Waals surface area contributed by atoms with E-state index in [1.165, 1.54) is 0 Å². The van der Waals surface area contributed by atoms with E-state index in [-0.39, 0.29) is 6.61 Å². The Morgan fingerprint density at radius 2 is 2.06 bits per heavy atom. The SMILES string of the molecule is C=C/C=C(\C=C(/C)OCc1ccccc1)CO. The average molecular weight is 230 g/mol. The van der Waals surface area contributed by atoms with Crippen LogP contribution in [0, 0.1) is 0 Å². The number of benzene rings is 1. The zero-order valence-corrected chi connectivity index (χ0v) is 10.1. The van der Waals surface area contributed by atoms with Crippen molar-refractivity contribution in [2.45, 2.75) is 13.5 Å². The molecule has 0 spiro atoms. The van der Waals surface area contributed by atoms with Crippen LogP contribution in [0.3, 0.4) is 0 Å². The molecule has 0 aliphatic heterocycles. The molecule has 0 aliphatic rings. The Morgan fingerprint density at radius 1 is 1.35 bits per heavy atom. The average Bonchev–Trinajstić information content (AvgIpc) is 2.37. The van der Waals surface area contributed by atoms with Gasteiger partial charge in [-0.05, 0) is 24.1 Å². The molecule has 0 amide bonds. The third-order valence-electron chi connectivity index (χ3n) is 2.21. The fraction of sp³-hybridized carbons (Fsp3) is 0.200. The number of aliphatic hydroxyl groups is 1. The van der Waals surface area contributed by atoms with Gasteiger partial charge in [0, 0.05) is 0 Å². The largest absolute Gasteiger partial charge is 0.494 e. The first-order valence-electron chi connectivity index (χ1n) is 5.53. The Morgan fingerprint density at radius 3 is 2.65 bits per heavy atom. The summed E-state index contributed by atoms with van der Waals surface area (Å²) in [6, 6.07) is 9.96. The molecule has 1 N–H and O–H groups in total. The van der Waals surface area contributed by atoms with Gasteiger partial charge in [0.25, 0.3) is 0 Å². The second kappa shape index (κ2) is 7.47. The van der Waals surface area contributed by atoms with Crippen molar-refractivity contribution in [3.05, 3.63) is 72.0 Å². The first kappa shape index (κ1) is 13.3. The van der Waals surface area contributed by atoms with E-state index in [1.807, 2.05) is 43.3 Å². The van der Waals surface area contributed by atoms with E-state index in [0.717, 1.165) is 16.9 Å². The van der Waals surface area contributed by atoms with Crippen molar-refractivity contribution in [1.82, 2.24) is 0 Å². The summed E-state index contributed by atoms with van der Waals surface area (Å²) in [7, 11) is 0. The molecule has 0 aromatic heterocycles. The fourth-order valence-electron chi connectivity index (χ4n) is 1.37. The van der Waals surface area contributed by atoms with Crippen LogP contribution in [0.4, 0.5) is 0 Å². The zero-order valence-electron chi connectivity index (χ0n) is 10.1. The molecule has 1 aromatic carbocycles. The highest BCUT2D eigenvalue weighted by atomic mass is 16.5. The van der Waals surface area contributed by atoms with Crippen molar-refractivity contribution >= 4 is 0 Å². The van der Waals surface area contributed by atoms with Gasteiger partial charge in [-0.25, -0.2) is 0 Å². The van der Waals surface area contributed by atoms with Gasteiger partial charge in [0.15, 0.2) is 0 Å². The standard InChI is InChI=1S/C15H18O2/c1-3-7-15(11-16)10-13(2)17-12-14-8-5-4-6-9-14/h3-10,16H,1,11-12H2,2H3/b13-10+,15-7+. The van der Waals surface area contributed by atoms with Gasteiger partial charge in [-0.3, -0.25) is 0 Å². The van der Waals surface area contributed by atoms with Crippen molar-refractivity contribution in [1.29, 1.82) is 0 Å². The third-order valence-corrected chi connectivity index (χ3v) is 2.21. The van der Waals surface area contributed by atoms with E-state index in [4.69, 9.17) is 9.84 Å². The van der Waals surface area contributed by atoms with Gasteiger partial charge in [0.1, 0.15) is 6.61 Å². The molecule has 0 saturated heterocycles. The number of allylic oxidation sites excluding steroid dienone is 3. The molecule has 0 atom stereocenters. The number of hydrogen-bond donors (Lipinski definition) is 1. The summed E-state index contributed by atoms with van der Waals surface area (Å²) in [5, 5.41) is 9.08. The van der Waals surface area contributed by atoms with Gasteiger partial charge in [-0.15, -0.1) is 0 Å². The molecule has 0 bridgehead atoms. The lowest BCUT2D eigenvalue weighted by molar-refractivity contribution is 0.200. The van der Waals surface area contributed by atoms with Crippen LogP contribution >= 0.6 is 0 Å². The van der Waals surface area contributed by atoms with E-state index in [9.17, 15) is 0 Å². The van der Waals surface area contributed by atoms with E-state index in [2.05, 4.69) is 6.58 Å². The Balaban J connectivity index is 2.54. The fourth-order valence-corrected chi connectivity index (χ4v) is 1.37. The quantitative estimate of drug-likeness (QED) is 0.600. The van der Waals surface area contributed by atoms with E-state index >= 15 is 0 Å². The van der Waals surface area contributed by atoms with E-state index in [1.54, 1.807) is 12.2 Å². The van der Waals surface area contributed by atoms with Gasteiger partial charge in [-0.1, -0.05) is 49.1 Å². The molecule has 0 unspecified atom stereocenters. The minimum atomic E-state index is -0.0158. The van der Waals surface area contributed by atoms with Gasteiger partial charge < -0.3 is 9.84 Å². The predicted molar refractivity (Wildman–Crippen MR) is 70.4 cm³/mol. The van der Waals surface area contributed by atoms with Crippen LogP contribution in [0.15, 0.2) is 66.5 Å². The maximum atomic E-state index is 9.08. The van der Waals surface area contributed by atoms with Crippen molar-refractivity contribution in [2.24, 2.45) is 0 Å². The van der Waals surface area contributed by atoms with E-state index in [0.29, 0.717) is 6.61 Å². The molecule has 90 valence electrons. The number of rotatable bonds is 6. The van der Waals surface area contributed by atoms with Crippen molar-refractivity contribution in [3.63, 3.8) is 0 Å². The zero-order chi connectivity index (χ0) is 12.5. The highest BCUT2D eigenvalue weighted by Gasteiger charge is 1.95. The molecule has 0 heterocycles. The van der Waals surface area contributed by atoms with Gasteiger partial charge >= 0.3 is 0 Å². The number of aliphatic hydroxyl groups excluding tert-OH is 1. The van der Waals surface area contributed by atoms with E-state index < -0.39 is 0 Å². The van der Waals surface area contributed by atoms with Crippen molar-refractivity contribution in [3.8, 4) is 0 Å². The molecular weight excluding hydrogens is 212 g/mol. The maximum absolute atomic E-state index is 9.08. The predicted octanol–water partition coefficient (Wildman–Crippen LogP) is 3.21. The summed E-state index contributed by atoms with van der Waals surface area (Å²) >= 11 is 0. The molecule has 0 aliphatic carbocycles. The molecular formula is C15H18O2. The Hall–Kier alpha value is -1.80. The van der Waals surface area contributed by atoms with Crippen molar-refractivity contribution < 1.29 is 9.84 Å². The molecule has 0 saturated carbocycles. The normalized spacial score (nSPS) is 12.4. The first-order chi connectivity index (χ1) is 8.26. The first-order valence-corrected chi connectivity index (χ1v) is 5.53. The summed E-state index contributed by atoms with van der Waals surface area (Å²) in [6.07, 6.45) is 5.21. The smallest absolute Gasteiger partial charge is 0.113 e. The lowest BCUT2D eigenvalue weighted by Crippen LogP contribution is -1.93. The highest BCUT2D eigenvalue weighted by Crippen LogP contribution is 2.08. The molecule has 2 heteroatoms. The van der Waals surface area contributed by atoms with Crippen LogP contribution in [0.5, 0.6) is 0 Å². The van der Waals surface area contributed by atoms with Crippen LogP contribution in [0.25, 0.3) is 0 Å². The Kier molecular flexibility index (Phi) is 5.83. The maximum Gasteiger partial charge on any atom is 0.113 e. The monoisotopic (exact) mass is 230 g/mol. The molecule has 17 heavy (non-hydrogen) atoms. The molecule has 1 aromatic rings. The lowest BCUT2D eigenvalue weighted by Gasteiger charge is -2.07. The van der Waals surface area contributed by atoms with Crippen LogP contribution in [-0.4, -0.2) is 11.7 Å². The summed E-state index contributed by atoms with van der Waals surface area (Å²) < 4.78 is 5.58. The Bertz CT molecular complexity index is 402. The lowest BCUT2D eigenvalue weighted by atomic mass is 10.2. The summed E-state index contributed by atoms with van der Waals surface area (Å²) in [5.41, 5.74) is 1.91. The van der Waals surface area contributed by atoms with Gasteiger partial charge in [-0.2, -0.15) is 0 Å². The van der Waals surface area contributed by atoms with Crippen LogP contribution in [0.1, 0.15) is 12.5 Å². The number of ether oxygens (including phenoxy) is 1. The summed E-state index contributed by atoms with van der Waals surface area (Å²) in [4.78, 5) is 0. The highest BCUT2D eigenvalue weighted by molar-refractivity contribution is 5.24. The van der Waals surface area contributed by atoms with Crippen LogP contribution < -0.4 is 0 Å². The molecule has 1 rings (SSSR count). The molecule has 0 radical (unpaired) electrons. The molecule has 2 nitrogen and oxygen atoms in total. The van der Waals surface area contributed by atoms with Gasteiger partial charge in [0.2, 0.25) is 0 Å².